The lowest BCUT2D eigenvalue weighted by Crippen LogP contribution is -2.11. The Bertz CT molecular complexity index is 516. The van der Waals surface area contributed by atoms with E-state index in [1.54, 1.807) is 0 Å². The van der Waals surface area contributed by atoms with Crippen LogP contribution in [0.3, 0.4) is 0 Å². The van der Waals surface area contributed by atoms with Gasteiger partial charge in [-0.3, -0.25) is 0 Å². The number of carboxylic acids is 1. The van der Waals surface area contributed by atoms with Crippen LogP contribution in [0.2, 0.25) is 0 Å². The van der Waals surface area contributed by atoms with E-state index in [9.17, 15) is 22.4 Å². The fraction of sp³-hybridized carbons (Fsp3) is 0.100. The Morgan fingerprint density at radius 2 is 1.59 bits per heavy atom. The Morgan fingerprint density at radius 1 is 1.12 bits per heavy atom. The molecule has 0 fully saturated rings. The number of carboxylic acid groups (broad SMARTS) is 1. The summed E-state index contributed by atoms with van der Waals surface area (Å²) in [6, 6.07) is 0. The number of thiol groups is 1. The molecule has 0 aliphatic carbocycles. The Hall–Kier alpha value is -1.68. The summed E-state index contributed by atoms with van der Waals surface area (Å²) in [5.74, 6) is -5.90. The summed E-state index contributed by atoms with van der Waals surface area (Å²) in [7, 11) is 0. The normalized spacial score (nSPS) is 9.71. The minimum absolute atomic E-state index is 0.0806. The van der Waals surface area contributed by atoms with Crippen molar-refractivity contribution in [2.45, 2.75) is 0 Å². The van der Waals surface area contributed by atoms with Crippen LogP contribution in [0.1, 0.15) is 15.9 Å². The SMILES string of the molecule is O=C(O)c1c(F)c(F)c(C#CCS)c(F)c1F. The third-order valence-corrected chi connectivity index (χ3v) is 1.93. The van der Waals surface area contributed by atoms with Gasteiger partial charge in [0.05, 0.1) is 5.75 Å². The van der Waals surface area contributed by atoms with Crippen molar-refractivity contribution in [2.24, 2.45) is 0 Å². The first-order valence-electron chi connectivity index (χ1n) is 4.10. The second-order valence-electron chi connectivity index (χ2n) is 2.77. The van der Waals surface area contributed by atoms with Crippen LogP contribution >= 0.6 is 12.6 Å². The van der Waals surface area contributed by atoms with Crippen molar-refractivity contribution in [3.05, 3.63) is 34.4 Å². The standard InChI is InChI=1S/C10H4F4O2S/c11-6-4(2-1-3-17)7(12)9(14)5(8(6)13)10(15)16/h17H,3H2,(H,15,16). The van der Waals surface area contributed by atoms with Gasteiger partial charge in [0.2, 0.25) is 0 Å². The van der Waals surface area contributed by atoms with Gasteiger partial charge in [-0.05, 0) is 0 Å². The molecule has 0 aromatic heterocycles. The predicted molar refractivity (Wildman–Crippen MR) is 54.0 cm³/mol. The van der Waals surface area contributed by atoms with Crippen LogP contribution in [-0.2, 0) is 0 Å². The summed E-state index contributed by atoms with van der Waals surface area (Å²) in [6.45, 7) is 0. The van der Waals surface area contributed by atoms with E-state index in [1.165, 1.54) is 0 Å². The van der Waals surface area contributed by atoms with E-state index in [0.717, 1.165) is 0 Å². The van der Waals surface area contributed by atoms with Crippen LogP contribution in [-0.4, -0.2) is 16.8 Å². The summed E-state index contributed by atoms with van der Waals surface area (Å²) in [4.78, 5) is 10.4. The lowest BCUT2D eigenvalue weighted by Gasteiger charge is -2.05. The molecule has 0 aliphatic heterocycles. The van der Waals surface area contributed by atoms with Crippen LogP contribution in [0, 0.1) is 35.1 Å². The van der Waals surface area contributed by atoms with Crippen LogP contribution in [0.4, 0.5) is 17.6 Å². The van der Waals surface area contributed by atoms with Gasteiger partial charge in [-0.2, -0.15) is 12.6 Å². The van der Waals surface area contributed by atoms with Crippen molar-refractivity contribution in [1.29, 1.82) is 0 Å². The van der Waals surface area contributed by atoms with Crippen molar-refractivity contribution >= 4 is 18.6 Å². The van der Waals surface area contributed by atoms with Gasteiger partial charge in [0, 0.05) is 0 Å². The van der Waals surface area contributed by atoms with Gasteiger partial charge in [0.25, 0.3) is 0 Å². The molecule has 0 radical (unpaired) electrons. The molecule has 0 unspecified atom stereocenters. The first kappa shape index (κ1) is 13.4. The molecule has 90 valence electrons. The number of benzene rings is 1. The Morgan fingerprint density at radius 3 is 1.94 bits per heavy atom. The van der Waals surface area contributed by atoms with E-state index >= 15 is 0 Å². The van der Waals surface area contributed by atoms with Crippen molar-refractivity contribution in [2.75, 3.05) is 5.75 Å². The van der Waals surface area contributed by atoms with E-state index < -0.39 is 40.4 Å². The molecule has 7 heteroatoms. The number of carbonyl (C=O) groups is 1. The average molecular weight is 264 g/mol. The van der Waals surface area contributed by atoms with Crippen molar-refractivity contribution in [1.82, 2.24) is 0 Å². The number of hydrogen-bond donors (Lipinski definition) is 2. The van der Waals surface area contributed by atoms with Gasteiger partial charge in [-0.1, -0.05) is 11.8 Å². The zero-order valence-electron chi connectivity index (χ0n) is 8.02. The molecule has 0 aliphatic rings. The Balaban J connectivity index is 3.64. The largest absolute Gasteiger partial charge is 0.477 e. The van der Waals surface area contributed by atoms with E-state index in [4.69, 9.17) is 5.11 Å². The highest BCUT2D eigenvalue weighted by Crippen LogP contribution is 2.23. The molecule has 0 heterocycles. The third kappa shape index (κ3) is 2.36. The number of aromatic carboxylic acids is 1. The lowest BCUT2D eigenvalue weighted by atomic mass is 10.1. The maximum Gasteiger partial charge on any atom is 0.341 e. The molecule has 1 rings (SSSR count). The number of halogens is 4. The third-order valence-electron chi connectivity index (χ3n) is 1.77. The molecular weight excluding hydrogens is 260 g/mol. The van der Waals surface area contributed by atoms with E-state index in [2.05, 4.69) is 18.5 Å². The molecule has 17 heavy (non-hydrogen) atoms. The Labute approximate surface area is 98.7 Å². The average Bonchev–Trinajstić information content (AvgIpc) is 2.26. The highest BCUT2D eigenvalue weighted by Gasteiger charge is 2.28. The zero-order chi connectivity index (χ0) is 13.2. The lowest BCUT2D eigenvalue weighted by molar-refractivity contribution is 0.0683. The Kier molecular flexibility index (Phi) is 4.02. The van der Waals surface area contributed by atoms with E-state index in [0.29, 0.717) is 0 Å². The molecular formula is C10H4F4O2S. The quantitative estimate of drug-likeness (QED) is 0.353. The van der Waals surface area contributed by atoms with Crippen LogP contribution in [0.15, 0.2) is 0 Å². The van der Waals surface area contributed by atoms with Crippen LogP contribution in [0.25, 0.3) is 0 Å². The van der Waals surface area contributed by atoms with Crippen LogP contribution < -0.4 is 0 Å². The first-order chi connectivity index (χ1) is 7.91. The van der Waals surface area contributed by atoms with Gasteiger partial charge in [-0.25, -0.2) is 22.4 Å². The zero-order valence-corrected chi connectivity index (χ0v) is 8.92. The fourth-order valence-corrected chi connectivity index (χ4v) is 1.14. The van der Waals surface area contributed by atoms with Crippen molar-refractivity contribution in [3.63, 3.8) is 0 Å². The molecule has 2 nitrogen and oxygen atoms in total. The highest BCUT2D eigenvalue weighted by molar-refractivity contribution is 7.80. The molecule has 1 N–H and O–H groups in total. The van der Waals surface area contributed by atoms with Gasteiger partial charge in [0.1, 0.15) is 11.1 Å². The molecule has 0 saturated heterocycles. The van der Waals surface area contributed by atoms with Gasteiger partial charge < -0.3 is 5.11 Å². The predicted octanol–water partition coefficient (Wildman–Crippen LogP) is 2.22. The molecule has 0 amide bonds. The van der Waals surface area contributed by atoms with Crippen molar-refractivity contribution < 1.29 is 27.5 Å². The smallest absolute Gasteiger partial charge is 0.341 e. The second kappa shape index (κ2) is 5.10. The molecule has 1 aromatic carbocycles. The summed E-state index contributed by atoms with van der Waals surface area (Å²) in [5.41, 5.74) is -2.84. The highest BCUT2D eigenvalue weighted by atomic mass is 32.1. The van der Waals surface area contributed by atoms with Crippen LogP contribution in [0.5, 0.6) is 0 Å². The summed E-state index contributed by atoms with van der Waals surface area (Å²) in [6.07, 6.45) is 0. The summed E-state index contributed by atoms with van der Waals surface area (Å²) < 4.78 is 52.7. The van der Waals surface area contributed by atoms with Crippen molar-refractivity contribution in [3.8, 4) is 11.8 Å². The fourth-order valence-electron chi connectivity index (χ4n) is 1.06. The topological polar surface area (TPSA) is 37.3 Å². The molecule has 0 saturated carbocycles. The van der Waals surface area contributed by atoms with E-state index in [1.807, 2.05) is 5.92 Å². The minimum atomic E-state index is -2.11. The maximum atomic E-state index is 13.2. The van der Waals surface area contributed by atoms with Gasteiger partial charge in [-0.15, -0.1) is 0 Å². The summed E-state index contributed by atoms with van der Waals surface area (Å²) in [5, 5.41) is 8.40. The monoisotopic (exact) mass is 264 g/mol. The van der Waals surface area contributed by atoms with E-state index in [-0.39, 0.29) is 5.75 Å². The molecule has 0 spiro atoms. The molecule has 0 bridgehead atoms. The maximum absolute atomic E-state index is 13.2. The molecule has 0 atom stereocenters. The number of rotatable bonds is 1. The summed E-state index contributed by atoms with van der Waals surface area (Å²) >= 11 is 3.62. The minimum Gasteiger partial charge on any atom is -0.477 e. The van der Waals surface area contributed by atoms with Gasteiger partial charge in [0.15, 0.2) is 23.3 Å². The number of hydrogen-bond acceptors (Lipinski definition) is 2. The molecule has 1 aromatic rings. The first-order valence-corrected chi connectivity index (χ1v) is 4.74. The van der Waals surface area contributed by atoms with Gasteiger partial charge >= 0.3 is 5.97 Å². The second-order valence-corrected chi connectivity index (χ2v) is 3.09.